The summed E-state index contributed by atoms with van der Waals surface area (Å²) in [6, 6.07) is 12.7. The van der Waals surface area contributed by atoms with Gasteiger partial charge in [0, 0.05) is 13.2 Å². The lowest BCUT2D eigenvalue weighted by Gasteiger charge is -2.25. The van der Waals surface area contributed by atoms with Crippen molar-refractivity contribution in [1.29, 1.82) is 0 Å². The number of benzene rings is 2. The molecule has 2 heterocycles. The van der Waals surface area contributed by atoms with Crippen molar-refractivity contribution in [3.05, 3.63) is 101 Å². The second-order valence-electron chi connectivity index (χ2n) is 9.15. The first kappa shape index (κ1) is 28.9. The molecule has 1 aromatic heterocycles. The van der Waals surface area contributed by atoms with Crippen LogP contribution in [0.3, 0.4) is 0 Å². The maximum Gasteiger partial charge on any atom is 0.338 e. The smallest absolute Gasteiger partial charge is 0.338 e. The summed E-state index contributed by atoms with van der Waals surface area (Å²) in [6.45, 7) is 4.70. The second kappa shape index (κ2) is 13.3. The first-order chi connectivity index (χ1) is 19.3. The maximum atomic E-state index is 13.8. The Balaban J connectivity index is 1.80. The molecule has 0 saturated carbocycles. The fraction of sp³-hybridized carbons (Fsp3) is 0.345. The Morgan fingerprint density at radius 2 is 1.88 bits per heavy atom. The van der Waals surface area contributed by atoms with Gasteiger partial charge in [-0.25, -0.2) is 9.79 Å². The Bertz CT molecular complexity index is 1590. The van der Waals surface area contributed by atoms with E-state index in [1.807, 2.05) is 24.3 Å². The number of nitro groups is 1. The fourth-order valence-corrected chi connectivity index (χ4v) is 5.44. The Labute approximate surface area is 235 Å². The summed E-state index contributed by atoms with van der Waals surface area (Å²) >= 11 is 1.11. The number of para-hydroxylation sites is 1. The number of hydrogen-bond acceptors (Lipinski definition) is 9. The minimum atomic E-state index is -0.812. The summed E-state index contributed by atoms with van der Waals surface area (Å²) in [4.78, 5) is 43.0. The Kier molecular flexibility index (Phi) is 9.62. The minimum Gasteiger partial charge on any atom is -0.494 e. The number of thiazole rings is 1. The molecule has 2 aromatic carbocycles. The van der Waals surface area contributed by atoms with E-state index in [4.69, 9.17) is 14.2 Å². The molecule has 0 bridgehead atoms. The van der Waals surface area contributed by atoms with E-state index in [-0.39, 0.29) is 29.0 Å². The molecule has 0 fully saturated rings. The zero-order valence-corrected chi connectivity index (χ0v) is 23.4. The molecule has 210 valence electrons. The van der Waals surface area contributed by atoms with E-state index in [0.717, 1.165) is 30.6 Å². The number of fused-ring (bicyclic) bond motifs is 1. The third kappa shape index (κ3) is 6.37. The van der Waals surface area contributed by atoms with Gasteiger partial charge < -0.3 is 14.2 Å². The normalized spacial score (nSPS) is 15.0. The average molecular weight is 566 g/mol. The van der Waals surface area contributed by atoms with Gasteiger partial charge in [-0.2, -0.15) is 0 Å². The van der Waals surface area contributed by atoms with Crippen molar-refractivity contribution in [3.8, 4) is 5.75 Å². The molecular formula is C29H31N3O7S. The molecule has 1 aliphatic heterocycles. The third-order valence-corrected chi connectivity index (χ3v) is 7.38. The van der Waals surface area contributed by atoms with Gasteiger partial charge in [-0.15, -0.1) is 0 Å². The van der Waals surface area contributed by atoms with Crippen LogP contribution in [0.1, 0.15) is 50.3 Å². The van der Waals surface area contributed by atoms with Gasteiger partial charge in [-0.3, -0.25) is 19.5 Å². The van der Waals surface area contributed by atoms with E-state index in [2.05, 4.69) is 11.9 Å². The quantitative estimate of drug-likeness (QED) is 0.141. The van der Waals surface area contributed by atoms with Crippen LogP contribution in [0.5, 0.6) is 5.75 Å². The third-order valence-electron chi connectivity index (χ3n) is 6.39. The maximum absolute atomic E-state index is 13.8. The molecule has 0 saturated heterocycles. The molecule has 0 amide bonds. The standard InChI is InChI=1S/C29H31N3O7S/c1-4-5-8-15-38-22-13-11-20(12-14-22)26-25(28(34)39-17-16-37-3)19(2)30-29-31(26)27(33)24(40-29)18-21-9-6-7-10-23(21)32(35)36/h6-7,9-14,18,26H,4-5,8,15-17H2,1-3H3. The van der Waals surface area contributed by atoms with Crippen molar-refractivity contribution in [1.82, 2.24) is 4.57 Å². The zero-order chi connectivity index (χ0) is 28.6. The molecule has 40 heavy (non-hydrogen) atoms. The van der Waals surface area contributed by atoms with Gasteiger partial charge in [-0.05, 0) is 43.2 Å². The molecule has 11 heteroatoms. The van der Waals surface area contributed by atoms with Crippen molar-refractivity contribution in [2.75, 3.05) is 26.9 Å². The number of allylic oxidation sites excluding steroid dienone is 1. The van der Waals surface area contributed by atoms with Gasteiger partial charge in [0.05, 0.1) is 45.5 Å². The number of nitrogens with zero attached hydrogens (tertiary/aromatic N) is 3. The number of ether oxygens (including phenoxy) is 3. The number of methoxy groups -OCH3 is 1. The summed E-state index contributed by atoms with van der Waals surface area (Å²) in [7, 11) is 1.51. The van der Waals surface area contributed by atoms with E-state index >= 15 is 0 Å². The first-order valence-electron chi connectivity index (χ1n) is 13.0. The number of rotatable bonds is 12. The molecule has 4 rings (SSSR count). The zero-order valence-electron chi connectivity index (χ0n) is 22.6. The predicted molar refractivity (Wildman–Crippen MR) is 151 cm³/mol. The Morgan fingerprint density at radius 3 is 2.58 bits per heavy atom. The van der Waals surface area contributed by atoms with Crippen LogP contribution < -0.4 is 19.6 Å². The second-order valence-corrected chi connectivity index (χ2v) is 10.2. The van der Waals surface area contributed by atoms with Crippen molar-refractivity contribution in [2.45, 2.75) is 39.2 Å². The predicted octanol–water partition coefficient (Wildman–Crippen LogP) is 3.90. The van der Waals surface area contributed by atoms with Crippen LogP contribution in [-0.2, 0) is 14.3 Å². The van der Waals surface area contributed by atoms with Crippen LogP contribution in [0, 0.1) is 10.1 Å². The van der Waals surface area contributed by atoms with Gasteiger partial charge in [0.25, 0.3) is 11.2 Å². The average Bonchev–Trinajstić information content (AvgIpc) is 3.25. The highest BCUT2D eigenvalue weighted by Gasteiger charge is 2.33. The van der Waals surface area contributed by atoms with Gasteiger partial charge in [0.2, 0.25) is 0 Å². The number of aromatic nitrogens is 1. The van der Waals surface area contributed by atoms with Crippen LogP contribution in [0.2, 0.25) is 0 Å². The lowest BCUT2D eigenvalue weighted by molar-refractivity contribution is -0.385. The van der Waals surface area contributed by atoms with Crippen LogP contribution in [-0.4, -0.2) is 42.4 Å². The summed E-state index contributed by atoms with van der Waals surface area (Å²) < 4.78 is 18.0. The topological polar surface area (TPSA) is 122 Å². The van der Waals surface area contributed by atoms with Crippen molar-refractivity contribution in [2.24, 2.45) is 4.99 Å². The van der Waals surface area contributed by atoms with Crippen molar-refractivity contribution >= 4 is 29.1 Å². The molecule has 1 unspecified atom stereocenters. The van der Waals surface area contributed by atoms with Gasteiger partial charge in [-0.1, -0.05) is 55.4 Å². The number of nitro benzene ring substituents is 1. The van der Waals surface area contributed by atoms with Crippen LogP contribution in [0.15, 0.2) is 69.6 Å². The number of carbonyl (C=O) groups excluding carboxylic acids is 1. The molecule has 10 nitrogen and oxygen atoms in total. The van der Waals surface area contributed by atoms with Crippen molar-refractivity contribution < 1.29 is 23.9 Å². The molecule has 0 aliphatic carbocycles. The first-order valence-corrected chi connectivity index (χ1v) is 13.8. The highest BCUT2D eigenvalue weighted by molar-refractivity contribution is 7.07. The molecule has 0 N–H and O–H groups in total. The highest BCUT2D eigenvalue weighted by Crippen LogP contribution is 2.31. The van der Waals surface area contributed by atoms with Crippen LogP contribution in [0.4, 0.5) is 5.69 Å². The highest BCUT2D eigenvalue weighted by atomic mass is 32.1. The Hall–Kier alpha value is -4.09. The minimum absolute atomic E-state index is 0.0471. The lowest BCUT2D eigenvalue weighted by atomic mass is 9.96. The van der Waals surface area contributed by atoms with Crippen LogP contribution >= 0.6 is 11.3 Å². The molecule has 0 radical (unpaired) electrons. The number of esters is 1. The molecular weight excluding hydrogens is 534 g/mol. The molecule has 3 aromatic rings. The Morgan fingerprint density at radius 1 is 1.12 bits per heavy atom. The summed E-state index contributed by atoms with van der Waals surface area (Å²) in [6.07, 6.45) is 4.62. The van der Waals surface area contributed by atoms with Crippen molar-refractivity contribution in [3.63, 3.8) is 0 Å². The SMILES string of the molecule is CCCCCOc1ccc(C2C(C(=O)OCCOC)=C(C)N=c3sc(=Cc4ccccc4[N+](=O)[O-])c(=O)n32)cc1. The molecule has 1 aliphatic rings. The summed E-state index contributed by atoms with van der Waals surface area (Å²) in [5.41, 5.74) is 1.10. The van der Waals surface area contributed by atoms with E-state index < -0.39 is 22.5 Å². The molecule has 0 spiro atoms. The van der Waals surface area contributed by atoms with Gasteiger partial charge in [0.1, 0.15) is 12.4 Å². The number of unbranched alkanes of at least 4 members (excludes halogenated alkanes) is 2. The number of carbonyl (C=O) groups is 1. The monoisotopic (exact) mass is 565 g/mol. The van der Waals surface area contributed by atoms with E-state index in [0.29, 0.717) is 34.0 Å². The largest absolute Gasteiger partial charge is 0.494 e. The molecule has 1 atom stereocenters. The number of hydrogen-bond donors (Lipinski definition) is 0. The van der Waals surface area contributed by atoms with Gasteiger partial charge in [0.15, 0.2) is 4.80 Å². The van der Waals surface area contributed by atoms with E-state index in [9.17, 15) is 19.7 Å². The summed E-state index contributed by atoms with van der Waals surface area (Å²) in [5.74, 6) is 0.0877. The van der Waals surface area contributed by atoms with Crippen LogP contribution in [0.25, 0.3) is 6.08 Å². The van der Waals surface area contributed by atoms with E-state index in [1.165, 1.54) is 23.8 Å². The lowest BCUT2D eigenvalue weighted by Crippen LogP contribution is -2.40. The fourth-order valence-electron chi connectivity index (χ4n) is 4.40. The summed E-state index contributed by atoms with van der Waals surface area (Å²) in [5, 5.41) is 11.5. The van der Waals surface area contributed by atoms with Gasteiger partial charge >= 0.3 is 5.97 Å². The van der Waals surface area contributed by atoms with E-state index in [1.54, 1.807) is 25.1 Å².